The minimum absolute atomic E-state index is 0.0262. The average Bonchev–Trinajstić information content (AvgIpc) is 3.19. The average molecular weight is 379 g/mol. The first-order chi connectivity index (χ1) is 13.5. The van der Waals surface area contributed by atoms with Crippen molar-refractivity contribution in [1.82, 2.24) is 4.90 Å². The Morgan fingerprint density at radius 2 is 2.21 bits per heavy atom. The van der Waals surface area contributed by atoms with E-state index in [9.17, 15) is 15.2 Å². The van der Waals surface area contributed by atoms with Gasteiger partial charge in [0.1, 0.15) is 12.1 Å². The van der Waals surface area contributed by atoms with E-state index in [0.29, 0.717) is 6.42 Å². The number of para-hydroxylation sites is 1. The number of aliphatic hydroxyl groups excluding tert-OH is 1. The van der Waals surface area contributed by atoms with Gasteiger partial charge in [-0.2, -0.15) is 5.26 Å². The lowest BCUT2D eigenvalue weighted by Gasteiger charge is -2.51. The molecule has 1 N–H and O–H groups in total. The number of methoxy groups -OCH3 is 1. The summed E-state index contributed by atoms with van der Waals surface area (Å²) >= 11 is 0. The molecule has 4 bridgehead atoms. The Kier molecular flexibility index (Phi) is 3.61. The molecule has 0 aromatic heterocycles. The summed E-state index contributed by atoms with van der Waals surface area (Å²) in [7, 11) is 3.59. The molecule has 2 saturated carbocycles. The second-order valence-electron chi connectivity index (χ2n) is 8.75. The van der Waals surface area contributed by atoms with Crippen LogP contribution in [0.3, 0.4) is 0 Å². The number of anilines is 1. The van der Waals surface area contributed by atoms with Gasteiger partial charge in [0.05, 0.1) is 23.8 Å². The Morgan fingerprint density at radius 3 is 2.89 bits per heavy atom. The van der Waals surface area contributed by atoms with Crippen molar-refractivity contribution in [3.8, 4) is 6.07 Å². The largest absolute Gasteiger partial charge is 0.392 e. The number of carbonyl (C=O) groups excluding carboxylic acids is 1. The highest BCUT2D eigenvalue weighted by Gasteiger charge is 2.78. The van der Waals surface area contributed by atoms with Gasteiger partial charge in [0.2, 0.25) is 5.91 Å². The fourth-order valence-corrected chi connectivity index (χ4v) is 7.20. The van der Waals surface area contributed by atoms with E-state index in [1.807, 2.05) is 37.4 Å². The molecule has 3 fully saturated rings. The molecule has 7 atom stereocenters. The van der Waals surface area contributed by atoms with Crippen molar-refractivity contribution in [3.63, 3.8) is 0 Å². The van der Waals surface area contributed by atoms with Gasteiger partial charge in [-0.25, -0.2) is 0 Å². The number of aliphatic hydroxyl groups is 1. The van der Waals surface area contributed by atoms with Crippen LogP contribution in [0.15, 0.2) is 36.9 Å². The van der Waals surface area contributed by atoms with Crippen LogP contribution in [-0.2, 0) is 14.9 Å². The highest BCUT2D eigenvalue weighted by molar-refractivity contribution is 6.09. The number of nitriles is 1. The number of hydrogen-bond donors (Lipinski definition) is 1. The molecule has 4 aliphatic rings. The first kappa shape index (κ1) is 17.9. The summed E-state index contributed by atoms with van der Waals surface area (Å²) in [6, 6.07) is 10.1. The SMILES string of the molecule is C=CC12CN(C)C3C(C#N)C1CC(O)C1(C(=O)N(COC)c4ccccc41)C32. The molecule has 1 aromatic rings. The van der Waals surface area contributed by atoms with E-state index in [2.05, 4.69) is 17.5 Å². The highest BCUT2D eigenvalue weighted by atomic mass is 16.5. The monoisotopic (exact) mass is 379 g/mol. The fraction of sp³-hybridized carbons (Fsp3) is 0.545. The molecular formula is C22H25N3O3. The van der Waals surface area contributed by atoms with Crippen LogP contribution in [0.5, 0.6) is 0 Å². The Morgan fingerprint density at radius 1 is 1.46 bits per heavy atom. The van der Waals surface area contributed by atoms with Gasteiger partial charge in [-0.05, 0) is 31.0 Å². The van der Waals surface area contributed by atoms with Gasteiger partial charge >= 0.3 is 0 Å². The number of fused-ring (bicyclic) bond motifs is 2. The van der Waals surface area contributed by atoms with Crippen molar-refractivity contribution in [2.45, 2.75) is 24.0 Å². The van der Waals surface area contributed by atoms with Gasteiger partial charge < -0.3 is 14.7 Å². The van der Waals surface area contributed by atoms with E-state index in [1.54, 1.807) is 12.0 Å². The molecule has 1 saturated heterocycles. The molecule has 1 spiro atoms. The third-order valence-corrected chi connectivity index (χ3v) is 7.96. The first-order valence-corrected chi connectivity index (χ1v) is 9.81. The van der Waals surface area contributed by atoms with E-state index < -0.39 is 11.5 Å². The van der Waals surface area contributed by atoms with Crippen LogP contribution in [0.2, 0.25) is 0 Å². The predicted molar refractivity (Wildman–Crippen MR) is 103 cm³/mol. The molecule has 28 heavy (non-hydrogen) atoms. The number of piperidine rings is 1. The number of hydrogen-bond acceptors (Lipinski definition) is 5. The van der Waals surface area contributed by atoms with Crippen molar-refractivity contribution >= 4 is 11.6 Å². The molecule has 2 heterocycles. The zero-order chi connectivity index (χ0) is 19.8. The molecule has 5 rings (SSSR count). The summed E-state index contributed by atoms with van der Waals surface area (Å²) < 4.78 is 5.33. The molecule has 7 unspecified atom stereocenters. The minimum atomic E-state index is -1.07. The van der Waals surface area contributed by atoms with Crippen LogP contribution in [0.4, 0.5) is 5.69 Å². The lowest BCUT2D eigenvalue weighted by molar-refractivity contribution is -0.138. The molecule has 146 valence electrons. The van der Waals surface area contributed by atoms with Crippen LogP contribution < -0.4 is 4.90 Å². The topological polar surface area (TPSA) is 76.8 Å². The van der Waals surface area contributed by atoms with E-state index in [-0.39, 0.29) is 41.8 Å². The molecule has 0 radical (unpaired) electrons. The molecule has 1 aromatic carbocycles. The summed E-state index contributed by atoms with van der Waals surface area (Å²) in [5, 5.41) is 21.4. The van der Waals surface area contributed by atoms with Crippen LogP contribution in [0, 0.1) is 34.5 Å². The smallest absolute Gasteiger partial charge is 0.242 e. The Hall–Kier alpha value is -2.20. The van der Waals surface area contributed by atoms with Gasteiger partial charge in [0, 0.05) is 31.0 Å². The minimum Gasteiger partial charge on any atom is -0.392 e. The van der Waals surface area contributed by atoms with E-state index in [0.717, 1.165) is 17.8 Å². The Labute approximate surface area is 165 Å². The normalized spacial score (nSPS) is 43.4. The summed E-state index contributed by atoms with van der Waals surface area (Å²) in [6.45, 7) is 5.06. The molecular weight excluding hydrogens is 354 g/mol. The predicted octanol–water partition coefficient (Wildman–Crippen LogP) is 1.51. The van der Waals surface area contributed by atoms with Crippen LogP contribution in [0.1, 0.15) is 12.0 Å². The number of carbonyl (C=O) groups is 1. The maximum atomic E-state index is 14.0. The van der Waals surface area contributed by atoms with Crippen LogP contribution in [-0.4, -0.2) is 55.5 Å². The Bertz CT molecular complexity index is 911. The summed E-state index contributed by atoms with van der Waals surface area (Å²) in [4.78, 5) is 17.8. The third-order valence-electron chi connectivity index (χ3n) is 7.96. The number of rotatable bonds is 3. The zero-order valence-corrected chi connectivity index (χ0v) is 16.2. The quantitative estimate of drug-likeness (QED) is 0.806. The number of likely N-dealkylation sites (tertiary alicyclic amines) is 1. The number of ether oxygens (including phenoxy) is 1. The molecule has 2 aliphatic carbocycles. The molecule has 1 amide bonds. The number of benzene rings is 1. The first-order valence-electron chi connectivity index (χ1n) is 9.81. The molecule has 6 nitrogen and oxygen atoms in total. The molecule has 2 aliphatic heterocycles. The van der Waals surface area contributed by atoms with Crippen LogP contribution >= 0.6 is 0 Å². The van der Waals surface area contributed by atoms with E-state index in [4.69, 9.17) is 4.74 Å². The summed E-state index contributed by atoms with van der Waals surface area (Å²) in [6.07, 6.45) is 1.57. The lowest BCUT2D eigenvalue weighted by Crippen LogP contribution is -2.61. The van der Waals surface area contributed by atoms with Crippen molar-refractivity contribution in [1.29, 1.82) is 5.26 Å². The Balaban J connectivity index is 1.80. The van der Waals surface area contributed by atoms with Crippen molar-refractivity contribution < 1.29 is 14.6 Å². The van der Waals surface area contributed by atoms with Crippen molar-refractivity contribution in [2.24, 2.45) is 23.2 Å². The second-order valence-corrected chi connectivity index (χ2v) is 8.75. The van der Waals surface area contributed by atoms with E-state index >= 15 is 0 Å². The highest BCUT2D eigenvalue weighted by Crippen LogP contribution is 2.71. The number of nitrogens with zero attached hydrogens (tertiary/aromatic N) is 3. The fourth-order valence-electron chi connectivity index (χ4n) is 7.20. The van der Waals surface area contributed by atoms with Gasteiger partial charge in [-0.15, -0.1) is 6.58 Å². The number of amides is 1. The van der Waals surface area contributed by atoms with Gasteiger partial charge in [-0.3, -0.25) is 9.69 Å². The molecule has 6 heteroatoms. The standard InChI is InChI=1S/C22H25N3O3/c1-4-21-11-24(2)18-13(10-23)15(21)9-17(26)22(19(18)21)14-7-5-6-8-16(14)25(12-28-3)20(22)27/h4-8,13,15,17-19,26H,1,9,11-12H2,2-3H3. The van der Waals surface area contributed by atoms with Gasteiger partial charge in [0.25, 0.3) is 0 Å². The van der Waals surface area contributed by atoms with Crippen LogP contribution in [0.25, 0.3) is 0 Å². The maximum absolute atomic E-state index is 14.0. The van der Waals surface area contributed by atoms with Gasteiger partial charge in [0.15, 0.2) is 0 Å². The van der Waals surface area contributed by atoms with Crippen molar-refractivity contribution in [2.75, 3.05) is 32.3 Å². The third kappa shape index (κ3) is 1.68. The van der Waals surface area contributed by atoms with E-state index in [1.165, 1.54) is 0 Å². The zero-order valence-electron chi connectivity index (χ0n) is 16.2. The van der Waals surface area contributed by atoms with Crippen molar-refractivity contribution in [3.05, 3.63) is 42.5 Å². The lowest BCUT2D eigenvalue weighted by atomic mass is 9.52. The maximum Gasteiger partial charge on any atom is 0.242 e. The second kappa shape index (κ2) is 5.66. The summed E-state index contributed by atoms with van der Waals surface area (Å²) in [5.41, 5.74) is 0.234. The van der Waals surface area contributed by atoms with Gasteiger partial charge in [-0.1, -0.05) is 24.3 Å². The summed E-state index contributed by atoms with van der Waals surface area (Å²) in [5.74, 6) is -0.488.